The number of ether oxygens (including phenoxy) is 1. The number of benzene rings is 4. The molecule has 1 amide bonds. The van der Waals surface area contributed by atoms with Crippen molar-refractivity contribution >= 4 is 23.1 Å². The number of ketones is 1. The SMILES string of the molecule is Cc1cccc(C2/C(=C(\O)c3ccc(OCc4ccccc4)c(C)c3)C(=O)C(=O)N2c2ccc(F)cc2F)c1. The Bertz CT molecular complexity index is 1610. The number of aryl methyl sites for hydroxylation is 2. The first-order valence-electron chi connectivity index (χ1n) is 12.3. The van der Waals surface area contributed by atoms with Gasteiger partial charge in [0, 0.05) is 11.6 Å². The molecule has 0 aliphatic carbocycles. The molecule has 1 N–H and O–H groups in total. The van der Waals surface area contributed by atoms with E-state index in [2.05, 4.69) is 0 Å². The van der Waals surface area contributed by atoms with Crippen LogP contribution in [0.25, 0.3) is 5.76 Å². The zero-order valence-electron chi connectivity index (χ0n) is 21.3. The summed E-state index contributed by atoms with van der Waals surface area (Å²) >= 11 is 0. The first kappa shape index (κ1) is 25.9. The van der Waals surface area contributed by atoms with E-state index in [-0.39, 0.29) is 11.3 Å². The average molecular weight is 526 g/mol. The number of aliphatic hydroxyl groups excluding tert-OH is 1. The molecule has 1 unspecified atom stereocenters. The van der Waals surface area contributed by atoms with E-state index in [0.29, 0.717) is 35.1 Å². The molecule has 196 valence electrons. The van der Waals surface area contributed by atoms with Crippen LogP contribution >= 0.6 is 0 Å². The maximum absolute atomic E-state index is 14.9. The molecule has 4 aromatic rings. The fourth-order valence-electron chi connectivity index (χ4n) is 4.76. The molecule has 0 aromatic heterocycles. The summed E-state index contributed by atoms with van der Waals surface area (Å²) in [6, 6.07) is 23.3. The van der Waals surface area contributed by atoms with E-state index in [9.17, 15) is 23.5 Å². The minimum Gasteiger partial charge on any atom is -0.507 e. The van der Waals surface area contributed by atoms with Gasteiger partial charge in [0.05, 0.1) is 17.3 Å². The van der Waals surface area contributed by atoms with Gasteiger partial charge in [0.15, 0.2) is 0 Å². The molecule has 1 fully saturated rings. The smallest absolute Gasteiger partial charge is 0.300 e. The largest absolute Gasteiger partial charge is 0.507 e. The second kappa shape index (κ2) is 10.5. The lowest BCUT2D eigenvalue weighted by atomic mass is 9.93. The average Bonchev–Trinajstić information content (AvgIpc) is 3.18. The van der Waals surface area contributed by atoms with Crippen LogP contribution in [0.2, 0.25) is 0 Å². The van der Waals surface area contributed by atoms with Crippen molar-refractivity contribution in [3.05, 3.63) is 136 Å². The number of amides is 1. The van der Waals surface area contributed by atoms with E-state index < -0.39 is 35.1 Å². The van der Waals surface area contributed by atoms with Crippen LogP contribution in [0.1, 0.15) is 33.9 Å². The molecule has 5 rings (SSSR count). The quantitative estimate of drug-likeness (QED) is 0.171. The fraction of sp³-hybridized carbons (Fsp3) is 0.125. The first-order chi connectivity index (χ1) is 18.7. The van der Waals surface area contributed by atoms with Crippen molar-refractivity contribution in [2.45, 2.75) is 26.5 Å². The summed E-state index contributed by atoms with van der Waals surface area (Å²) in [5, 5.41) is 11.4. The first-order valence-corrected chi connectivity index (χ1v) is 12.3. The summed E-state index contributed by atoms with van der Waals surface area (Å²) in [7, 11) is 0. The van der Waals surface area contributed by atoms with Crippen LogP contribution in [-0.2, 0) is 16.2 Å². The molecule has 0 bridgehead atoms. The number of rotatable bonds is 6. The Morgan fingerprint density at radius 1 is 0.897 bits per heavy atom. The lowest BCUT2D eigenvalue weighted by Gasteiger charge is -2.26. The van der Waals surface area contributed by atoms with Crippen molar-refractivity contribution in [3.8, 4) is 5.75 Å². The Balaban J connectivity index is 1.58. The second-order valence-corrected chi connectivity index (χ2v) is 9.43. The minimum absolute atomic E-state index is 0.188. The molecular formula is C32H25F2NO4. The van der Waals surface area contributed by atoms with Gasteiger partial charge >= 0.3 is 0 Å². The van der Waals surface area contributed by atoms with Gasteiger partial charge in [0.1, 0.15) is 29.8 Å². The van der Waals surface area contributed by atoms with Crippen LogP contribution in [-0.4, -0.2) is 16.8 Å². The van der Waals surface area contributed by atoms with Crippen LogP contribution < -0.4 is 9.64 Å². The third-order valence-electron chi connectivity index (χ3n) is 6.66. The highest BCUT2D eigenvalue weighted by Crippen LogP contribution is 2.43. The van der Waals surface area contributed by atoms with Gasteiger partial charge in [-0.3, -0.25) is 14.5 Å². The molecule has 0 saturated carbocycles. The van der Waals surface area contributed by atoms with Gasteiger partial charge in [0.25, 0.3) is 11.7 Å². The molecule has 1 saturated heterocycles. The summed E-state index contributed by atoms with van der Waals surface area (Å²) in [4.78, 5) is 27.6. The Kier molecular flexibility index (Phi) is 6.98. The Hall–Kier alpha value is -4.78. The number of aliphatic hydroxyl groups is 1. The highest BCUT2D eigenvalue weighted by Gasteiger charge is 2.47. The van der Waals surface area contributed by atoms with Gasteiger partial charge in [0.2, 0.25) is 0 Å². The standard InChI is InChI=1S/C32H25F2NO4/c1-19-7-6-10-22(15-19)29-28(31(37)32(38)35(29)26-13-12-24(33)17-25(26)34)30(36)23-11-14-27(20(2)16-23)39-18-21-8-4-3-5-9-21/h3-17,29,36H,18H2,1-2H3/b30-28+. The number of nitrogens with zero attached hydrogens (tertiary/aromatic N) is 1. The number of halogens is 2. The van der Waals surface area contributed by atoms with Crippen LogP contribution in [0.4, 0.5) is 14.5 Å². The second-order valence-electron chi connectivity index (χ2n) is 9.43. The Morgan fingerprint density at radius 3 is 2.36 bits per heavy atom. The van der Waals surface area contributed by atoms with Crippen molar-refractivity contribution in [1.29, 1.82) is 0 Å². The maximum atomic E-state index is 14.9. The van der Waals surface area contributed by atoms with Gasteiger partial charge in [-0.1, -0.05) is 60.2 Å². The monoisotopic (exact) mass is 525 g/mol. The summed E-state index contributed by atoms with van der Waals surface area (Å²) in [5.74, 6) is -3.60. The third kappa shape index (κ3) is 5.03. The summed E-state index contributed by atoms with van der Waals surface area (Å²) in [6.07, 6.45) is 0. The maximum Gasteiger partial charge on any atom is 0.300 e. The van der Waals surface area contributed by atoms with Crippen LogP contribution in [0.5, 0.6) is 5.75 Å². The summed E-state index contributed by atoms with van der Waals surface area (Å²) < 4.78 is 34.5. The van der Waals surface area contributed by atoms with Gasteiger partial charge in [-0.05, 0) is 60.9 Å². The topological polar surface area (TPSA) is 66.8 Å². The van der Waals surface area contributed by atoms with Gasteiger partial charge in [-0.15, -0.1) is 0 Å². The minimum atomic E-state index is -1.13. The van der Waals surface area contributed by atoms with Crippen molar-refractivity contribution in [2.75, 3.05) is 4.90 Å². The number of hydrogen-bond acceptors (Lipinski definition) is 4. The predicted molar refractivity (Wildman–Crippen MR) is 144 cm³/mol. The lowest BCUT2D eigenvalue weighted by molar-refractivity contribution is -0.132. The van der Waals surface area contributed by atoms with Crippen LogP contribution in [0.3, 0.4) is 0 Å². The third-order valence-corrected chi connectivity index (χ3v) is 6.66. The highest BCUT2D eigenvalue weighted by molar-refractivity contribution is 6.51. The molecule has 4 aromatic carbocycles. The summed E-state index contributed by atoms with van der Waals surface area (Å²) in [6.45, 7) is 4.00. The van der Waals surface area contributed by atoms with Crippen LogP contribution in [0.15, 0.2) is 96.6 Å². The lowest BCUT2D eigenvalue weighted by Crippen LogP contribution is -2.30. The zero-order chi connectivity index (χ0) is 27.7. The number of Topliss-reactive ketones (excluding diaryl/α,β-unsaturated/α-hetero) is 1. The van der Waals surface area contributed by atoms with Crippen molar-refractivity contribution in [1.82, 2.24) is 0 Å². The van der Waals surface area contributed by atoms with E-state index >= 15 is 0 Å². The van der Waals surface area contributed by atoms with E-state index in [1.807, 2.05) is 50.2 Å². The van der Waals surface area contributed by atoms with Gasteiger partial charge in [-0.25, -0.2) is 8.78 Å². The van der Waals surface area contributed by atoms with E-state index in [1.165, 1.54) is 0 Å². The number of carbonyl (C=O) groups excluding carboxylic acids is 2. The predicted octanol–water partition coefficient (Wildman–Crippen LogP) is 6.79. The Labute approximate surface area is 224 Å². The summed E-state index contributed by atoms with van der Waals surface area (Å²) in [5.41, 5.74) is 2.90. The normalized spacial score (nSPS) is 16.5. The van der Waals surface area contributed by atoms with Gasteiger partial charge in [-0.2, -0.15) is 0 Å². The molecule has 1 atom stereocenters. The molecule has 7 heteroatoms. The number of carbonyl (C=O) groups is 2. The Morgan fingerprint density at radius 2 is 1.67 bits per heavy atom. The van der Waals surface area contributed by atoms with Crippen molar-refractivity contribution in [2.24, 2.45) is 0 Å². The van der Waals surface area contributed by atoms with E-state index in [4.69, 9.17) is 4.74 Å². The van der Waals surface area contributed by atoms with Crippen molar-refractivity contribution < 1.29 is 28.2 Å². The van der Waals surface area contributed by atoms with Crippen molar-refractivity contribution in [3.63, 3.8) is 0 Å². The number of hydrogen-bond donors (Lipinski definition) is 1. The molecule has 1 heterocycles. The van der Waals surface area contributed by atoms with E-state index in [0.717, 1.165) is 28.2 Å². The number of anilines is 1. The van der Waals surface area contributed by atoms with Gasteiger partial charge < -0.3 is 9.84 Å². The van der Waals surface area contributed by atoms with E-state index in [1.54, 1.807) is 36.4 Å². The molecule has 0 radical (unpaired) electrons. The molecule has 1 aliphatic rings. The highest BCUT2D eigenvalue weighted by atomic mass is 19.1. The molecule has 5 nitrogen and oxygen atoms in total. The molecule has 1 aliphatic heterocycles. The van der Waals surface area contributed by atoms with Crippen LogP contribution in [0, 0.1) is 25.5 Å². The molecule has 39 heavy (non-hydrogen) atoms. The molecule has 0 spiro atoms. The zero-order valence-corrected chi connectivity index (χ0v) is 21.3. The fourth-order valence-corrected chi connectivity index (χ4v) is 4.76. The molecular weight excluding hydrogens is 500 g/mol.